The summed E-state index contributed by atoms with van der Waals surface area (Å²) >= 11 is 0. The number of aromatic nitrogens is 2. The summed E-state index contributed by atoms with van der Waals surface area (Å²) in [4.78, 5) is 50.3. The van der Waals surface area contributed by atoms with Crippen LogP contribution in [0.1, 0.15) is 43.0 Å². The molecule has 2 aliphatic rings. The average Bonchev–Trinajstić information content (AvgIpc) is 2.99. The number of nitrogens with one attached hydrogen (secondary N) is 2. The van der Waals surface area contributed by atoms with Gasteiger partial charge in [-0.15, -0.1) is 0 Å². The molecule has 6 rings (SSSR count). The minimum Gasteiger partial charge on any atom is -0.872 e. The summed E-state index contributed by atoms with van der Waals surface area (Å²) < 4.78 is 0. The zero-order valence-corrected chi connectivity index (χ0v) is 21.0. The molecular formula is C32H22N2O6. The second-order valence-corrected chi connectivity index (χ2v) is 8.50. The first-order valence-electron chi connectivity index (χ1n) is 12.1. The first-order chi connectivity index (χ1) is 19.3. The van der Waals surface area contributed by atoms with Crippen molar-refractivity contribution in [2.45, 2.75) is 0 Å². The van der Waals surface area contributed by atoms with E-state index < -0.39 is 23.1 Å². The molecule has 0 aliphatic heterocycles. The monoisotopic (exact) mass is 530 g/mol. The number of carbonyl (C=O) groups is 4. The van der Waals surface area contributed by atoms with Crippen LogP contribution in [0.15, 0.2) is 110 Å². The van der Waals surface area contributed by atoms with Crippen molar-refractivity contribution in [1.82, 2.24) is 0 Å². The zero-order chi connectivity index (χ0) is 28.5. The van der Waals surface area contributed by atoms with Crippen LogP contribution < -0.4 is 20.2 Å². The summed E-state index contributed by atoms with van der Waals surface area (Å²) in [5.74, 6) is -3.45. The maximum absolute atomic E-state index is 11.2. The van der Waals surface area contributed by atoms with E-state index in [0.717, 1.165) is 12.2 Å². The first-order valence-corrected chi connectivity index (χ1v) is 12.1. The number of hydrogen-bond acceptors (Lipinski definition) is 6. The summed E-state index contributed by atoms with van der Waals surface area (Å²) in [5.41, 5.74) is 3.42. The standard InChI is InChI=1S/C12H10N2.2C10H6O3/c1(11-3-7-13-8-4-11)2-12-5-9-14-10-6-12;2*11-8-5-9(12)10(13)7-4-2-1-3-6(7)8/h1-10H;2*1-5,11H/b2-1+;;. The van der Waals surface area contributed by atoms with Crippen molar-refractivity contribution in [3.63, 3.8) is 0 Å². The summed E-state index contributed by atoms with van der Waals surface area (Å²) in [6, 6.07) is 20.8. The zero-order valence-electron chi connectivity index (χ0n) is 21.0. The average molecular weight is 531 g/mol. The molecule has 196 valence electrons. The van der Waals surface area contributed by atoms with Gasteiger partial charge in [0.2, 0.25) is 23.1 Å². The van der Waals surface area contributed by atoms with Crippen LogP contribution in [0.5, 0.6) is 0 Å². The number of benzene rings is 2. The van der Waals surface area contributed by atoms with Gasteiger partial charge in [0.05, 0.1) is 0 Å². The molecule has 2 N–H and O–H groups in total. The lowest BCUT2D eigenvalue weighted by atomic mass is 9.94. The molecule has 40 heavy (non-hydrogen) atoms. The van der Waals surface area contributed by atoms with Crippen LogP contribution in [0.2, 0.25) is 0 Å². The van der Waals surface area contributed by atoms with Crippen molar-refractivity contribution in [3.05, 3.63) is 143 Å². The van der Waals surface area contributed by atoms with Crippen LogP contribution >= 0.6 is 0 Å². The topological polar surface area (TPSA) is 143 Å². The van der Waals surface area contributed by atoms with Gasteiger partial charge in [-0.05, 0) is 34.4 Å². The van der Waals surface area contributed by atoms with Crippen molar-refractivity contribution in [2.24, 2.45) is 0 Å². The molecule has 0 spiro atoms. The van der Waals surface area contributed by atoms with Crippen molar-refractivity contribution in [3.8, 4) is 0 Å². The second kappa shape index (κ2) is 12.7. The lowest BCUT2D eigenvalue weighted by Crippen LogP contribution is -2.22. The van der Waals surface area contributed by atoms with Gasteiger partial charge in [0.1, 0.15) is 0 Å². The third-order valence-electron chi connectivity index (χ3n) is 5.80. The summed E-state index contributed by atoms with van der Waals surface area (Å²) in [6.45, 7) is 0. The Morgan fingerprint density at radius 1 is 0.475 bits per heavy atom. The molecule has 0 amide bonds. The first kappa shape index (κ1) is 27.3. The molecule has 2 heterocycles. The Labute approximate surface area is 229 Å². The summed E-state index contributed by atoms with van der Waals surface area (Å²) in [5, 5.41) is 22.4. The number of aromatic amines is 2. The van der Waals surface area contributed by atoms with E-state index >= 15 is 0 Å². The fourth-order valence-corrected chi connectivity index (χ4v) is 3.80. The van der Waals surface area contributed by atoms with Crippen LogP contribution in [-0.4, -0.2) is 23.1 Å². The van der Waals surface area contributed by atoms with E-state index in [9.17, 15) is 29.4 Å². The van der Waals surface area contributed by atoms with Crippen molar-refractivity contribution in [1.29, 1.82) is 0 Å². The molecule has 2 aromatic heterocycles. The molecule has 0 bridgehead atoms. The lowest BCUT2D eigenvalue weighted by molar-refractivity contribution is -0.378. The maximum Gasteiger partial charge on any atom is 0.233 e. The molecule has 0 saturated carbocycles. The number of ketones is 4. The van der Waals surface area contributed by atoms with E-state index in [4.69, 9.17) is 0 Å². The number of carbonyl (C=O) groups excluding carboxylic acids is 4. The Morgan fingerprint density at radius 3 is 1.15 bits per heavy atom. The Balaban J connectivity index is 0.000000139. The lowest BCUT2D eigenvalue weighted by Gasteiger charge is -2.18. The van der Waals surface area contributed by atoms with Gasteiger partial charge < -0.3 is 10.2 Å². The number of Topliss-reactive ketones (excluding diaryl/α,β-unsaturated/α-hetero) is 2. The second-order valence-electron chi connectivity index (χ2n) is 8.50. The Morgan fingerprint density at radius 2 is 0.800 bits per heavy atom. The third kappa shape index (κ3) is 6.56. The van der Waals surface area contributed by atoms with Gasteiger partial charge >= 0.3 is 0 Å². The van der Waals surface area contributed by atoms with Gasteiger partial charge in [-0.2, -0.15) is 0 Å². The number of rotatable bonds is 2. The minimum atomic E-state index is -0.733. The van der Waals surface area contributed by atoms with Crippen molar-refractivity contribution >= 4 is 46.8 Å². The van der Waals surface area contributed by atoms with Gasteiger partial charge in [0, 0.05) is 35.4 Å². The summed E-state index contributed by atoms with van der Waals surface area (Å²) in [7, 11) is 0. The van der Waals surface area contributed by atoms with Crippen LogP contribution in [0.4, 0.5) is 0 Å². The Kier molecular flexibility index (Phi) is 8.63. The van der Waals surface area contributed by atoms with Crippen LogP contribution in [0, 0.1) is 0 Å². The van der Waals surface area contributed by atoms with E-state index in [0.29, 0.717) is 11.1 Å². The minimum absolute atomic E-state index is 0.208. The van der Waals surface area contributed by atoms with Gasteiger partial charge in [-0.1, -0.05) is 72.2 Å². The highest BCUT2D eigenvalue weighted by Crippen LogP contribution is 2.21. The van der Waals surface area contributed by atoms with Crippen molar-refractivity contribution < 1.29 is 39.4 Å². The predicted octanol–water partition coefficient (Wildman–Crippen LogP) is 1.79. The molecule has 0 radical (unpaired) electrons. The molecule has 0 fully saturated rings. The number of hydrogen-bond donors (Lipinski definition) is 0. The van der Waals surface area contributed by atoms with E-state index in [1.807, 2.05) is 49.1 Å². The number of pyridine rings is 2. The predicted molar refractivity (Wildman–Crippen MR) is 142 cm³/mol. The van der Waals surface area contributed by atoms with Gasteiger partial charge in [0.15, 0.2) is 24.8 Å². The van der Waals surface area contributed by atoms with E-state index in [-0.39, 0.29) is 22.6 Å². The largest absolute Gasteiger partial charge is 0.872 e. The molecule has 0 saturated heterocycles. The van der Waals surface area contributed by atoms with Crippen LogP contribution in [0.25, 0.3) is 23.7 Å². The van der Waals surface area contributed by atoms with Gasteiger partial charge in [0.25, 0.3) is 0 Å². The van der Waals surface area contributed by atoms with Crippen LogP contribution in [0.3, 0.4) is 0 Å². The maximum atomic E-state index is 11.2. The van der Waals surface area contributed by atoms with E-state index in [1.165, 1.54) is 23.3 Å². The molecule has 8 nitrogen and oxygen atoms in total. The highest BCUT2D eigenvalue weighted by atomic mass is 16.3. The molecule has 8 heteroatoms. The molecule has 2 aliphatic carbocycles. The molecule has 4 aromatic rings. The third-order valence-corrected chi connectivity index (χ3v) is 5.80. The Hall–Kier alpha value is -5.76. The van der Waals surface area contributed by atoms with Gasteiger partial charge in [-0.3, -0.25) is 19.2 Å². The number of fused-ring (bicyclic) bond motifs is 2. The van der Waals surface area contributed by atoms with Gasteiger partial charge in [-0.25, -0.2) is 9.97 Å². The van der Waals surface area contributed by atoms with E-state index in [1.54, 1.807) is 36.4 Å². The Bertz CT molecular complexity index is 1550. The fourth-order valence-electron chi connectivity index (χ4n) is 3.80. The molecule has 2 aromatic carbocycles. The molecule has 0 atom stereocenters. The van der Waals surface area contributed by atoms with Crippen molar-refractivity contribution in [2.75, 3.05) is 0 Å². The quantitative estimate of drug-likeness (QED) is 0.362. The molecule has 0 unspecified atom stereocenters. The SMILES string of the molecule is C(=C\c1cc[nH+]cc1)/c1cc[nH+]cc1.O=C1C=C([O-])c2ccccc2C1=O.O=C1C=C([O-])c2ccccc2C1=O. The number of allylic oxidation sites excluding steroid dienone is 2. The fraction of sp³-hybridized carbons (Fsp3) is 0. The molecular weight excluding hydrogens is 508 g/mol. The van der Waals surface area contributed by atoms with E-state index in [2.05, 4.69) is 22.1 Å². The summed E-state index contributed by atoms with van der Waals surface area (Å²) in [6.07, 6.45) is 13.5. The highest BCUT2D eigenvalue weighted by Gasteiger charge is 2.21. The number of H-pyrrole nitrogens is 2. The smallest absolute Gasteiger partial charge is 0.233 e. The normalized spacial score (nSPS) is 13.6. The van der Waals surface area contributed by atoms with Crippen LogP contribution in [-0.2, 0) is 9.59 Å². The highest BCUT2D eigenvalue weighted by molar-refractivity contribution is 6.50.